The van der Waals surface area contributed by atoms with Crippen LogP contribution in [0.1, 0.15) is 25.7 Å². The normalized spacial score (nSPS) is 16.9. The molecule has 1 saturated carbocycles. The van der Waals surface area contributed by atoms with Crippen LogP contribution in [0, 0.1) is 5.41 Å². The van der Waals surface area contributed by atoms with E-state index in [1.165, 1.54) is 7.11 Å². The molecule has 0 atom stereocenters. The molecular formula is C13H24O6S. The van der Waals surface area contributed by atoms with Crippen molar-refractivity contribution in [2.24, 2.45) is 5.41 Å². The minimum atomic E-state index is -3.14. The van der Waals surface area contributed by atoms with Crippen LogP contribution >= 0.6 is 0 Å². The van der Waals surface area contributed by atoms with Crippen molar-refractivity contribution in [3.05, 3.63) is 0 Å². The summed E-state index contributed by atoms with van der Waals surface area (Å²) in [6.07, 6.45) is 2.24. The molecule has 0 bridgehead atoms. The Morgan fingerprint density at radius 1 is 1.15 bits per heavy atom. The first-order valence-corrected chi connectivity index (χ1v) is 8.59. The summed E-state index contributed by atoms with van der Waals surface area (Å²) in [6, 6.07) is 0. The van der Waals surface area contributed by atoms with Crippen molar-refractivity contribution in [1.82, 2.24) is 0 Å². The van der Waals surface area contributed by atoms with Crippen LogP contribution < -0.4 is 0 Å². The lowest BCUT2D eigenvalue weighted by Crippen LogP contribution is -2.23. The molecule has 6 nitrogen and oxygen atoms in total. The molecule has 0 unspecified atom stereocenters. The number of carbonyl (C=O) groups is 1. The summed E-state index contributed by atoms with van der Waals surface area (Å²) in [7, 11) is -0.231. The Morgan fingerprint density at radius 3 is 2.40 bits per heavy atom. The quantitative estimate of drug-likeness (QED) is 0.415. The maximum Gasteiger partial charge on any atom is 0.306 e. The first kappa shape index (κ1) is 17.4. The highest BCUT2D eigenvalue weighted by Gasteiger charge is 2.47. The van der Waals surface area contributed by atoms with Crippen LogP contribution in [0.4, 0.5) is 0 Å². The minimum Gasteiger partial charge on any atom is -0.469 e. The predicted octanol–water partition coefficient (Wildman–Crippen LogP) is 0.798. The molecule has 0 N–H and O–H groups in total. The van der Waals surface area contributed by atoms with Gasteiger partial charge in [0.1, 0.15) is 0 Å². The smallest absolute Gasteiger partial charge is 0.306 e. The van der Waals surface area contributed by atoms with Gasteiger partial charge in [0.25, 0.3) is 0 Å². The van der Waals surface area contributed by atoms with E-state index in [0.717, 1.165) is 12.8 Å². The molecule has 20 heavy (non-hydrogen) atoms. The van der Waals surface area contributed by atoms with Gasteiger partial charge in [0.2, 0.25) is 0 Å². The van der Waals surface area contributed by atoms with Gasteiger partial charge in [0.15, 0.2) is 9.84 Å². The summed E-state index contributed by atoms with van der Waals surface area (Å²) < 4.78 is 38.7. The molecule has 0 amide bonds. The summed E-state index contributed by atoms with van der Waals surface area (Å²) in [6.45, 7) is 1.39. The summed E-state index contributed by atoms with van der Waals surface area (Å²) in [5, 5.41) is 0. The molecule has 0 aliphatic heterocycles. The molecule has 1 aliphatic rings. The maximum absolute atomic E-state index is 12.0. The Kier molecular flexibility index (Phi) is 6.91. The molecule has 0 aromatic carbocycles. The Bertz CT molecular complexity index is 399. The van der Waals surface area contributed by atoms with E-state index in [1.54, 1.807) is 7.11 Å². The number of hydrogen-bond donors (Lipinski definition) is 0. The molecule has 118 valence electrons. The monoisotopic (exact) mass is 308 g/mol. The van der Waals surface area contributed by atoms with Crippen LogP contribution in [-0.2, 0) is 28.8 Å². The van der Waals surface area contributed by atoms with Crippen LogP contribution in [0.3, 0.4) is 0 Å². The van der Waals surface area contributed by atoms with Crippen molar-refractivity contribution < 1.29 is 27.4 Å². The molecule has 0 radical (unpaired) electrons. The predicted molar refractivity (Wildman–Crippen MR) is 74.3 cm³/mol. The van der Waals surface area contributed by atoms with Gasteiger partial charge >= 0.3 is 5.97 Å². The van der Waals surface area contributed by atoms with Gasteiger partial charge in [-0.1, -0.05) is 0 Å². The summed E-state index contributed by atoms with van der Waals surface area (Å²) >= 11 is 0. The second-order valence-corrected chi connectivity index (χ2v) is 7.49. The molecule has 1 aliphatic carbocycles. The summed E-state index contributed by atoms with van der Waals surface area (Å²) in [5.74, 6) is -0.156. The van der Waals surface area contributed by atoms with Gasteiger partial charge in [-0.15, -0.1) is 0 Å². The number of methoxy groups -OCH3 is 2. The fourth-order valence-corrected chi connectivity index (χ4v) is 4.12. The van der Waals surface area contributed by atoms with Gasteiger partial charge in [-0.25, -0.2) is 8.42 Å². The molecule has 0 heterocycles. The van der Waals surface area contributed by atoms with Gasteiger partial charge in [-0.05, 0) is 24.7 Å². The van der Waals surface area contributed by atoms with E-state index >= 15 is 0 Å². The Labute approximate surface area is 120 Å². The third kappa shape index (κ3) is 6.67. The van der Waals surface area contributed by atoms with Gasteiger partial charge in [-0.2, -0.15) is 0 Å². The van der Waals surface area contributed by atoms with Crippen molar-refractivity contribution in [1.29, 1.82) is 0 Å². The summed E-state index contributed by atoms with van der Waals surface area (Å²) in [4.78, 5) is 11.3. The molecule has 1 rings (SSSR count). The zero-order chi connectivity index (χ0) is 15.1. The zero-order valence-corrected chi connectivity index (χ0v) is 13.0. The fraction of sp³-hybridized carbons (Fsp3) is 0.923. The van der Waals surface area contributed by atoms with E-state index in [9.17, 15) is 13.2 Å². The Morgan fingerprint density at radius 2 is 1.85 bits per heavy atom. The molecule has 0 saturated heterocycles. The SMILES string of the molecule is COCCOCCCS(=O)(=O)CC1(CC(=O)OC)CC1. The number of ether oxygens (including phenoxy) is 3. The molecular weight excluding hydrogens is 284 g/mol. The first-order valence-electron chi connectivity index (χ1n) is 6.77. The fourth-order valence-electron chi connectivity index (χ4n) is 2.09. The standard InChI is InChI=1S/C13H24O6S/c1-17-7-8-19-6-3-9-20(15,16)11-13(4-5-13)10-12(14)18-2/h3-11H2,1-2H3. The van der Waals surface area contributed by atoms with Crippen LogP contribution in [0.25, 0.3) is 0 Å². The van der Waals surface area contributed by atoms with Crippen molar-refractivity contribution in [3.8, 4) is 0 Å². The van der Waals surface area contributed by atoms with Gasteiger partial charge in [0, 0.05) is 13.7 Å². The highest BCUT2D eigenvalue weighted by atomic mass is 32.2. The van der Waals surface area contributed by atoms with Gasteiger partial charge < -0.3 is 14.2 Å². The van der Waals surface area contributed by atoms with Crippen molar-refractivity contribution in [2.45, 2.75) is 25.7 Å². The number of sulfone groups is 1. The highest BCUT2D eigenvalue weighted by molar-refractivity contribution is 7.91. The van der Waals surface area contributed by atoms with Crippen molar-refractivity contribution in [2.75, 3.05) is 45.5 Å². The largest absolute Gasteiger partial charge is 0.469 e. The molecule has 7 heteroatoms. The number of rotatable bonds is 11. The van der Waals surface area contributed by atoms with E-state index in [1.807, 2.05) is 0 Å². The van der Waals surface area contributed by atoms with Crippen molar-refractivity contribution >= 4 is 15.8 Å². The second kappa shape index (κ2) is 7.95. The van der Waals surface area contributed by atoms with E-state index in [-0.39, 0.29) is 29.3 Å². The average Bonchev–Trinajstić information content (AvgIpc) is 3.11. The number of carbonyl (C=O) groups excluding carboxylic acids is 1. The maximum atomic E-state index is 12.0. The van der Waals surface area contributed by atoms with Crippen LogP contribution in [0.15, 0.2) is 0 Å². The third-order valence-electron chi connectivity index (χ3n) is 3.41. The zero-order valence-electron chi connectivity index (χ0n) is 12.2. The van der Waals surface area contributed by atoms with E-state index in [0.29, 0.717) is 26.2 Å². The average molecular weight is 308 g/mol. The molecule has 0 aromatic heterocycles. The second-order valence-electron chi connectivity index (χ2n) is 5.30. The minimum absolute atomic E-state index is 0.0766. The number of hydrogen-bond acceptors (Lipinski definition) is 6. The lowest BCUT2D eigenvalue weighted by atomic mass is 10.1. The molecule has 0 spiro atoms. The van der Waals surface area contributed by atoms with Gasteiger partial charge in [0.05, 0.1) is 38.3 Å². The van der Waals surface area contributed by atoms with Crippen LogP contribution in [0.2, 0.25) is 0 Å². The van der Waals surface area contributed by atoms with E-state index < -0.39 is 9.84 Å². The van der Waals surface area contributed by atoms with Crippen molar-refractivity contribution in [3.63, 3.8) is 0 Å². The van der Waals surface area contributed by atoms with E-state index in [2.05, 4.69) is 4.74 Å². The van der Waals surface area contributed by atoms with Crippen LogP contribution in [-0.4, -0.2) is 59.9 Å². The Balaban J connectivity index is 2.26. The lowest BCUT2D eigenvalue weighted by molar-refractivity contribution is -0.141. The lowest BCUT2D eigenvalue weighted by Gasteiger charge is -2.14. The Hall–Kier alpha value is -0.660. The molecule has 1 fully saturated rings. The number of esters is 1. The van der Waals surface area contributed by atoms with Gasteiger partial charge in [-0.3, -0.25) is 4.79 Å². The summed E-state index contributed by atoms with van der Waals surface area (Å²) in [5.41, 5.74) is -0.372. The third-order valence-corrected chi connectivity index (χ3v) is 5.37. The topological polar surface area (TPSA) is 78.9 Å². The first-order chi connectivity index (χ1) is 9.43. The van der Waals surface area contributed by atoms with Crippen LogP contribution in [0.5, 0.6) is 0 Å². The van der Waals surface area contributed by atoms with E-state index in [4.69, 9.17) is 9.47 Å². The molecule has 0 aromatic rings. The highest BCUT2D eigenvalue weighted by Crippen LogP contribution is 2.50.